The molecular formula is C17H27NO2. The molecule has 1 amide bonds. The number of benzene rings is 1. The lowest BCUT2D eigenvalue weighted by molar-refractivity contribution is -0.135. The van der Waals surface area contributed by atoms with Gasteiger partial charge in [0, 0.05) is 17.6 Å². The van der Waals surface area contributed by atoms with Gasteiger partial charge in [0.1, 0.15) is 5.75 Å². The first kappa shape index (κ1) is 16.5. The van der Waals surface area contributed by atoms with Crippen LogP contribution in [0.5, 0.6) is 5.75 Å². The van der Waals surface area contributed by atoms with Gasteiger partial charge in [-0.05, 0) is 32.8 Å². The van der Waals surface area contributed by atoms with Crippen molar-refractivity contribution in [1.29, 1.82) is 0 Å². The molecule has 0 N–H and O–H groups in total. The molecule has 0 fully saturated rings. The third kappa shape index (κ3) is 3.99. The third-order valence-electron chi connectivity index (χ3n) is 3.95. The Bertz CT molecular complexity index is 421. The minimum Gasteiger partial charge on any atom is -0.496 e. The van der Waals surface area contributed by atoms with Gasteiger partial charge in [-0.15, -0.1) is 0 Å². The summed E-state index contributed by atoms with van der Waals surface area (Å²) in [5.74, 6) is 0.965. The predicted molar refractivity (Wildman–Crippen MR) is 83.1 cm³/mol. The van der Waals surface area contributed by atoms with Gasteiger partial charge in [0.15, 0.2) is 0 Å². The number of hydrogen-bond donors (Lipinski definition) is 0. The maximum absolute atomic E-state index is 12.7. The first-order valence-electron chi connectivity index (χ1n) is 7.48. The van der Waals surface area contributed by atoms with Crippen LogP contribution < -0.4 is 4.74 Å². The number of ether oxygens (including phenoxy) is 1. The molecule has 20 heavy (non-hydrogen) atoms. The molecule has 0 saturated heterocycles. The molecular weight excluding hydrogens is 250 g/mol. The van der Waals surface area contributed by atoms with E-state index in [-0.39, 0.29) is 18.0 Å². The lowest BCUT2D eigenvalue weighted by Crippen LogP contribution is -2.45. The van der Waals surface area contributed by atoms with Crippen LogP contribution in [0.1, 0.15) is 46.1 Å². The van der Waals surface area contributed by atoms with Crippen molar-refractivity contribution in [2.24, 2.45) is 0 Å². The molecule has 0 bridgehead atoms. The molecule has 112 valence electrons. The minimum atomic E-state index is 0.179. The van der Waals surface area contributed by atoms with Crippen LogP contribution in [0.2, 0.25) is 0 Å². The fraction of sp³-hybridized carbons (Fsp3) is 0.588. The first-order valence-corrected chi connectivity index (χ1v) is 7.48. The topological polar surface area (TPSA) is 29.5 Å². The fourth-order valence-electron chi connectivity index (χ4n) is 2.42. The van der Waals surface area contributed by atoms with Gasteiger partial charge in [0.05, 0.1) is 13.5 Å². The SMILES string of the molecule is CCC(C)N(C(=O)Cc1ccccc1OC)C(C)CC. The van der Waals surface area contributed by atoms with Crippen molar-refractivity contribution in [3.8, 4) is 5.75 Å². The molecule has 0 radical (unpaired) electrons. The largest absolute Gasteiger partial charge is 0.496 e. The molecule has 3 heteroatoms. The van der Waals surface area contributed by atoms with Gasteiger partial charge in [-0.3, -0.25) is 4.79 Å². The van der Waals surface area contributed by atoms with E-state index in [4.69, 9.17) is 4.74 Å². The molecule has 0 aliphatic heterocycles. The molecule has 0 aromatic heterocycles. The van der Waals surface area contributed by atoms with E-state index in [9.17, 15) is 4.79 Å². The molecule has 1 aromatic carbocycles. The summed E-state index contributed by atoms with van der Waals surface area (Å²) in [6.07, 6.45) is 2.35. The maximum atomic E-state index is 12.7. The van der Waals surface area contributed by atoms with Gasteiger partial charge in [0.25, 0.3) is 0 Å². The van der Waals surface area contributed by atoms with Crippen LogP contribution in [0, 0.1) is 0 Å². The van der Waals surface area contributed by atoms with E-state index in [1.165, 1.54) is 0 Å². The highest BCUT2D eigenvalue weighted by molar-refractivity contribution is 5.80. The molecule has 0 saturated carbocycles. The molecule has 1 aromatic rings. The van der Waals surface area contributed by atoms with Crippen molar-refractivity contribution < 1.29 is 9.53 Å². The smallest absolute Gasteiger partial charge is 0.227 e. The van der Waals surface area contributed by atoms with E-state index in [1.54, 1.807) is 7.11 Å². The van der Waals surface area contributed by atoms with Crippen molar-refractivity contribution in [2.75, 3.05) is 7.11 Å². The lowest BCUT2D eigenvalue weighted by Gasteiger charge is -2.34. The predicted octanol–water partition coefficient (Wildman–Crippen LogP) is 3.66. The van der Waals surface area contributed by atoms with Crippen molar-refractivity contribution in [1.82, 2.24) is 4.90 Å². The number of para-hydroxylation sites is 1. The molecule has 1 rings (SSSR count). The highest BCUT2D eigenvalue weighted by Crippen LogP contribution is 2.20. The second-order valence-corrected chi connectivity index (χ2v) is 5.30. The summed E-state index contributed by atoms with van der Waals surface area (Å²) in [6.45, 7) is 8.48. The van der Waals surface area contributed by atoms with Crippen LogP contribution in [-0.4, -0.2) is 30.0 Å². The van der Waals surface area contributed by atoms with Gasteiger partial charge < -0.3 is 9.64 Å². The van der Waals surface area contributed by atoms with Crippen molar-refractivity contribution >= 4 is 5.91 Å². The summed E-state index contributed by atoms with van der Waals surface area (Å²) in [5.41, 5.74) is 0.955. The summed E-state index contributed by atoms with van der Waals surface area (Å²) in [5, 5.41) is 0. The highest BCUT2D eigenvalue weighted by atomic mass is 16.5. The Morgan fingerprint density at radius 3 is 2.20 bits per heavy atom. The monoisotopic (exact) mass is 277 g/mol. The molecule has 0 aliphatic carbocycles. The zero-order valence-corrected chi connectivity index (χ0v) is 13.3. The number of carbonyl (C=O) groups excluding carboxylic acids is 1. The van der Waals surface area contributed by atoms with E-state index in [1.807, 2.05) is 29.2 Å². The van der Waals surface area contributed by atoms with Gasteiger partial charge in [0.2, 0.25) is 5.91 Å². The van der Waals surface area contributed by atoms with Gasteiger partial charge in [-0.2, -0.15) is 0 Å². The van der Waals surface area contributed by atoms with Crippen molar-refractivity contribution in [3.63, 3.8) is 0 Å². The quantitative estimate of drug-likeness (QED) is 0.761. The summed E-state index contributed by atoms with van der Waals surface area (Å²) >= 11 is 0. The second kappa shape index (κ2) is 7.93. The molecule has 2 unspecified atom stereocenters. The summed E-state index contributed by atoms with van der Waals surface area (Å²) in [7, 11) is 1.64. The van der Waals surface area contributed by atoms with Crippen molar-refractivity contribution in [3.05, 3.63) is 29.8 Å². The van der Waals surface area contributed by atoms with Crippen LogP contribution in [0.3, 0.4) is 0 Å². The van der Waals surface area contributed by atoms with Gasteiger partial charge in [-0.1, -0.05) is 32.0 Å². The van der Waals surface area contributed by atoms with E-state index >= 15 is 0 Å². The average molecular weight is 277 g/mol. The van der Waals surface area contributed by atoms with Crippen LogP contribution in [0.4, 0.5) is 0 Å². The number of amides is 1. The fourth-order valence-corrected chi connectivity index (χ4v) is 2.42. The zero-order valence-electron chi connectivity index (χ0n) is 13.3. The molecule has 0 heterocycles. The zero-order chi connectivity index (χ0) is 15.1. The number of hydrogen-bond acceptors (Lipinski definition) is 2. The van der Waals surface area contributed by atoms with E-state index < -0.39 is 0 Å². The number of methoxy groups -OCH3 is 1. The second-order valence-electron chi connectivity index (χ2n) is 5.30. The Balaban J connectivity index is 2.90. The summed E-state index contributed by atoms with van der Waals surface area (Å²) in [6, 6.07) is 8.27. The lowest BCUT2D eigenvalue weighted by atomic mass is 10.1. The normalized spacial score (nSPS) is 13.7. The van der Waals surface area contributed by atoms with E-state index in [0.717, 1.165) is 24.2 Å². The Hall–Kier alpha value is -1.51. The molecule has 3 nitrogen and oxygen atoms in total. The number of rotatable bonds is 7. The van der Waals surface area contributed by atoms with Crippen LogP contribution in [0.25, 0.3) is 0 Å². The van der Waals surface area contributed by atoms with Crippen LogP contribution >= 0.6 is 0 Å². The van der Waals surface area contributed by atoms with Gasteiger partial charge >= 0.3 is 0 Å². The molecule has 2 atom stereocenters. The van der Waals surface area contributed by atoms with Crippen LogP contribution in [-0.2, 0) is 11.2 Å². The molecule has 0 aliphatic rings. The average Bonchev–Trinajstić information content (AvgIpc) is 2.47. The van der Waals surface area contributed by atoms with E-state index in [0.29, 0.717) is 6.42 Å². The minimum absolute atomic E-state index is 0.179. The molecule has 0 spiro atoms. The number of carbonyl (C=O) groups is 1. The van der Waals surface area contributed by atoms with Crippen LogP contribution in [0.15, 0.2) is 24.3 Å². The maximum Gasteiger partial charge on any atom is 0.227 e. The number of nitrogens with zero attached hydrogens (tertiary/aromatic N) is 1. The summed E-state index contributed by atoms with van der Waals surface area (Å²) < 4.78 is 5.33. The summed E-state index contributed by atoms with van der Waals surface area (Å²) in [4.78, 5) is 14.7. The Labute approximate surface area is 122 Å². The Kier molecular flexibility index (Phi) is 6.56. The third-order valence-corrected chi connectivity index (χ3v) is 3.95. The Morgan fingerprint density at radius 2 is 1.70 bits per heavy atom. The highest BCUT2D eigenvalue weighted by Gasteiger charge is 2.24. The van der Waals surface area contributed by atoms with Crippen molar-refractivity contribution in [2.45, 2.75) is 59.0 Å². The van der Waals surface area contributed by atoms with E-state index in [2.05, 4.69) is 27.7 Å². The first-order chi connectivity index (χ1) is 9.54. The Morgan fingerprint density at radius 1 is 1.15 bits per heavy atom. The van der Waals surface area contributed by atoms with Gasteiger partial charge in [-0.25, -0.2) is 0 Å². The standard InChI is InChI=1S/C17H27NO2/c1-6-13(3)18(14(4)7-2)17(19)12-15-10-8-9-11-16(15)20-5/h8-11,13-14H,6-7,12H2,1-5H3.